The third-order valence-corrected chi connectivity index (χ3v) is 3.72. The lowest BCUT2D eigenvalue weighted by Crippen LogP contribution is -2.25. The van der Waals surface area contributed by atoms with E-state index in [0.29, 0.717) is 22.3 Å². The SMILES string of the molecule is CCOC(=O)c1ccc(NC(=O)Cn2c(=O)[nH]c3cc(F)ccc32)cc1. The largest absolute Gasteiger partial charge is 0.462 e. The minimum atomic E-state index is -0.501. The molecule has 3 aromatic rings. The minimum absolute atomic E-state index is 0.232. The van der Waals surface area contributed by atoms with Crippen LogP contribution in [0.15, 0.2) is 47.3 Å². The van der Waals surface area contributed by atoms with E-state index in [0.717, 1.165) is 0 Å². The molecule has 7 nitrogen and oxygen atoms in total. The summed E-state index contributed by atoms with van der Waals surface area (Å²) < 4.78 is 19.3. The Morgan fingerprint density at radius 2 is 1.92 bits per heavy atom. The van der Waals surface area contributed by atoms with Gasteiger partial charge in [0, 0.05) is 5.69 Å². The Morgan fingerprint density at radius 3 is 2.62 bits per heavy atom. The number of nitrogens with zero attached hydrogens (tertiary/aromatic N) is 1. The number of H-pyrrole nitrogens is 1. The Balaban J connectivity index is 1.72. The van der Waals surface area contributed by atoms with E-state index in [1.165, 1.54) is 34.9 Å². The maximum absolute atomic E-state index is 13.2. The molecular formula is C18H16FN3O4. The second-order valence-corrected chi connectivity index (χ2v) is 5.52. The van der Waals surface area contributed by atoms with E-state index in [1.54, 1.807) is 19.1 Å². The van der Waals surface area contributed by atoms with Crippen molar-refractivity contribution < 1.29 is 18.7 Å². The average Bonchev–Trinajstić information content (AvgIpc) is 2.90. The van der Waals surface area contributed by atoms with E-state index in [2.05, 4.69) is 10.3 Å². The van der Waals surface area contributed by atoms with Crippen LogP contribution < -0.4 is 11.0 Å². The van der Waals surface area contributed by atoms with Crippen LogP contribution in [0, 0.1) is 5.82 Å². The normalized spacial score (nSPS) is 10.7. The summed E-state index contributed by atoms with van der Waals surface area (Å²) in [7, 11) is 0. The van der Waals surface area contributed by atoms with Gasteiger partial charge in [-0.15, -0.1) is 0 Å². The van der Waals surface area contributed by atoms with Gasteiger partial charge in [-0.3, -0.25) is 9.36 Å². The molecule has 0 saturated heterocycles. The summed E-state index contributed by atoms with van der Waals surface area (Å²) in [5.74, 6) is -1.35. The molecule has 1 heterocycles. The summed E-state index contributed by atoms with van der Waals surface area (Å²) in [5, 5.41) is 2.64. The molecule has 0 saturated carbocycles. The van der Waals surface area contributed by atoms with Crippen LogP contribution in [-0.4, -0.2) is 28.0 Å². The van der Waals surface area contributed by atoms with Gasteiger partial charge in [-0.05, 0) is 49.4 Å². The summed E-state index contributed by atoms with van der Waals surface area (Å²) in [5.41, 5.74) is 1.10. The van der Waals surface area contributed by atoms with Gasteiger partial charge in [-0.25, -0.2) is 14.0 Å². The highest BCUT2D eigenvalue weighted by molar-refractivity contribution is 5.93. The number of benzene rings is 2. The lowest BCUT2D eigenvalue weighted by Gasteiger charge is -2.07. The highest BCUT2D eigenvalue weighted by atomic mass is 19.1. The molecule has 0 atom stereocenters. The summed E-state index contributed by atoms with van der Waals surface area (Å²) in [6.45, 7) is 1.76. The Hall–Kier alpha value is -3.42. The minimum Gasteiger partial charge on any atom is -0.462 e. The number of rotatable bonds is 5. The Morgan fingerprint density at radius 1 is 1.19 bits per heavy atom. The number of anilines is 1. The fourth-order valence-electron chi connectivity index (χ4n) is 2.54. The Labute approximate surface area is 147 Å². The molecule has 0 bridgehead atoms. The number of fused-ring (bicyclic) bond motifs is 1. The molecular weight excluding hydrogens is 341 g/mol. The van der Waals surface area contributed by atoms with Crippen LogP contribution in [0.2, 0.25) is 0 Å². The highest BCUT2D eigenvalue weighted by Gasteiger charge is 2.12. The smallest absolute Gasteiger partial charge is 0.338 e. The summed E-state index contributed by atoms with van der Waals surface area (Å²) >= 11 is 0. The van der Waals surface area contributed by atoms with Crippen LogP contribution in [-0.2, 0) is 16.1 Å². The molecule has 3 rings (SSSR count). The quantitative estimate of drug-likeness (QED) is 0.685. The molecule has 0 unspecified atom stereocenters. The second kappa shape index (κ2) is 7.22. The molecule has 0 aliphatic heterocycles. The number of carbonyl (C=O) groups excluding carboxylic acids is 2. The van der Waals surface area contributed by atoms with Crippen molar-refractivity contribution in [2.45, 2.75) is 13.5 Å². The number of halogens is 1. The van der Waals surface area contributed by atoms with E-state index in [4.69, 9.17) is 4.74 Å². The van der Waals surface area contributed by atoms with Crippen molar-refractivity contribution in [1.82, 2.24) is 9.55 Å². The van der Waals surface area contributed by atoms with Gasteiger partial charge in [-0.1, -0.05) is 0 Å². The van der Waals surface area contributed by atoms with Gasteiger partial charge in [-0.2, -0.15) is 0 Å². The Kier molecular flexibility index (Phi) is 4.83. The molecule has 1 aromatic heterocycles. The van der Waals surface area contributed by atoms with Crippen LogP contribution in [0.3, 0.4) is 0 Å². The number of hydrogen-bond acceptors (Lipinski definition) is 4. The van der Waals surface area contributed by atoms with Crippen molar-refractivity contribution in [2.24, 2.45) is 0 Å². The standard InChI is InChI=1S/C18H16FN3O4/c1-2-26-17(24)11-3-6-13(7-4-11)20-16(23)10-22-15-8-5-12(19)9-14(15)21-18(22)25/h3-9H,2,10H2,1H3,(H,20,23)(H,21,25). The zero-order chi connectivity index (χ0) is 18.7. The molecule has 2 aromatic carbocycles. The number of imidazole rings is 1. The van der Waals surface area contributed by atoms with Crippen molar-refractivity contribution in [3.63, 3.8) is 0 Å². The number of ether oxygens (including phenoxy) is 1. The molecule has 1 amide bonds. The molecule has 0 radical (unpaired) electrons. The van der Waals surface area contributed by atoms with E-state index in [1.807, 2.05) is 0 Å². The molecule has 0 spiro atoms. The number of esters is 1. The first-order chi connectivity index (χ1) is 12.5. The maximum Gasteiger partial charge on any atom is 0.338 e. The summed E-state index contributed by atoms with van der Waals surface area (Å²) in [6.07, 6.45) is 0. The van der Waals surface area contributed by atoms with Gasteiger partial charge in [0.15, 0.2) is 0 Å². The van der Waals surface area contributed by atoms with Crippen molar-refractivity contribution in [3.05, 3.63) is 64.3 Å². The molecule has 0 aliphatic carbocycles. The molecule has 26 heavy (non-hydrogen) atoms. The molecule has 2 N–H and O–H groups in total. The fourth-order valence-corrected chi connectivity index (χ4v) is 2.54. The number of nitrogens with one attached hydrogen (secondary N) is 2. The first kappa shape index (κ1) is 17.4. The van der Waals surface area contributed by atoms with E-state index >= 15 is 0 Å². The van der Waals surface area contributed by atoms with Crippen molar-refractivity contribution in [2.75, 3.05) is 11.9 Å². The first-order valence-electron chi connectivity index (χ1n) is 7.93. The van der Waals surface area contributed by atoms with Crippen molar-refractivity contribution in [1.29, 1.82) is 0 Å². The lowest BCUT2D eigenvalue weighted by atomic mass is 10.2. The maximum atomic E-state index is 13.2. The average molecular weight is 357 g/mol. The number of aromatic amines is 1. The van der Waals surface area contributed by atoms with Crippen LogP contribution in [0.5, 0.6) is 0 Å². The van der Waals surface area contributed by atoms with Gasteiger partial charge in [0.05, 0.1) is 23.2 Å². The molecule has 134 valence electrons. The van der Waals surface area contributed by atoms with Crippen molar-refractivity contribution in [3.8, 4) is 0 Å². The van der Waals surface area contributed by atoms with E-state index in [9.17, 15) is 18.8 Å². The molecule has 0 aliphatic rings. The monoisotopic (exact) mass is 357 g/mol. The number of carbonyl (C=O) groups is 2. The van der Waals surface area contributed by atoms with Gasteiger partial charge in [0.1, 0.15) is 12.4 Å². The number of amides is 1. The lowest BCUT2D eigenvalue weighted by molar-refractivity contribution is -0.116. The predicted molar refractivity (Wildman–Crippen MR) is 93.5 cm³/mol. The third kappa shape index (κ3) is 3.64. The number of hydrogen-bond donors (Lipinski definition) is 2. The van der Waals surface area contributed by atoms with Gasteiger partial charge < -0.3 is 15.0 Å². The van der Waals surface area contributed by atoms with Gasteiger partial charge >= 0.3 is 11.7 Å². The summed E-state index contributed by atoms with van der Waals surface area (Å²) in [6, 6.07) is 10.1. The van der Waals surface area contributed by atoms with E-state index < -0.39 is 23.4 Å². The Bertz CT molecular complexity index is 1020. The third-order valence-electron chi connectivity index (χ3n) is 3.72. The zero-order valence-electron chi connectivity index (χ0n) is 13.9. The predicted octanol–water partition coefficient (Wildman–Crippen LogP) is 2.28. The fraction of sp³-hybridized carbons (Fsp3) is 0.167. The van der Waals surface area contributed by atoms with Gasteiger partial charge in [0.2, 0.25) is 5.91 Å². The van der Waals surface area contributed by atoms with E-state index in [-0.39, 0.29) is 13.2 Å². The van der Waals surface area contributed by atoms with Crippen LogP contribution >= 0.6 is 0 Å². The zero-order valence-corrected chi connectivity index (χ0v) is 13.9. The van der Waals surface area contributed by atoms with Gasteiger partial charge in [0.25, 0.3) is 0 Å². The summed E-state index contributed by atoms with van der Waals surface area (Å²) in [4.78, 5) is 38.3. The molecule has 0 fully saturated rings. The van der Waals surface area contributed by atoms with Crippen LogP contribution in [0.4, 0.5) is 10.1 Å². The topological polar surface area (TPSA) is 93.2 Å². The first-order valence-corrected chi connectivity index (χ1v) is 7.93. The number of aromatic nitrogens is 2. The van der Waals surface area contributed by atoms with Crippen LogP contribution in [0.1, 0.15) is 17.3 Å². The van der Waals surface area contributed by atoms with Crippen LogP contribution in [0.25, 0.3) is 11.0 Å². The molecule has 8 heteroatoms. The highest BCUT2D eigenvalue weighted by Crippen LogP contribution is 2.13. The second-order valence-electron chi connectivity index (χ2n) is 5.52. The van der Waals surface area contributed by atoms with Crippen molar-refractivity contribution >= 4 is 28.6 Å².